The third-order valence-corrected chi connectivity index (χ3v) is 8.73. The minimum Gasteiger partial charge on any atom is -0.207 e. The van der Waals surface area contributed by atoms with Crippen LogP contribution < -0.4 is 0 Å². The SMILES string of the molecule is C=C(/C(C)=C/CC(C)C(C)CCC(C)C)/C(F)=C\C(C)(C)C(C)CCC(C)C(C)CCC(C)C. The third kappa shape index (κ3) is 13.3. The highest BCUT2D eigenvalue weighted by molar-refractivity contribution is 5.40. The molecule has 0 bridgehead atoms. The summed E-state index contributed by atoms with van der Waals surface area (Å²) in [5, 5.41) is 0. The molecule has 1 heteroatoms. The molecule has 0 saturated carbocycles. The van der Waals surface area contributed by atoms with E-state index in [9.17, 15) is 0 Å². The summed E-state index contributed by atoms with van der Waals surface area (Å²) in [4.78, 5) is 0. The van der Waals surface area contributed by atoms with Gasteiger partial charge in [-0.3, -0.25) is 0 Å². The second kappa shape index (κ2) is 16.0. The number of hydrogen-bond donors (Lipinski definition) is 0. The lowest BCUT2D eigenvalue weighted by Crippen LogP contribution is -2.21. The van der Waals surface area contributed by atoms with Crippen LogP contribution in [0.2, 0.25) is 0 Å². The number of hydrogen-bond acceptors (Lipinski definition) is 0. The molecule has 0 heterocycles. The van der Waals surface area contributed by atoms with Crippen LogP contribution in [0.25, 0.3) is 0 Å². The molecule has 0 rings (SSSR count). The van der Waals surface area contributed by atoms with Crippen LogP contribution in [0.5, 0.6) is 0 Å². The molecular weight excluding hydrogens is 415 g/mol. The summed E-state index contributed by atoms with van der Waals surface area (Å²) < 4.78 is 15.2. The van der Waals surface area contributed by atoms with E-state index in [1.807, 2.05) is 13.0 Å². The smallest absolute Gasteiger partial charge is 0.126 e. The number of halogens is 1. The third-order valence-electron chi connectivity index (χ3n) is 8.73. The van der Waals surface area contributed by atoms with Gasteiger partial charge >= 0.3 is 0 Å². The van der Waals surface area contributed by atoms with Crippen LogP contribution >= 0.6 is 0 Å². The molecule has 0 fully saturated rings. The average molecular weight is 477 g/mol. The highest BCUT2D eigenvalue weighted by Gasteiger charge is 2.26. The van der Waals surface area contributed by atoms with Gasteiger partial charge in [0, 0.05) is 5.57 Å². The van der Waals surface area contributed by atoms with Crippen molar-refractivity contribution in [2.45, 2.75) is 128 Å². The summed E-state index contributed by atoms with van der Waals surface area (Å²) in [5.41, 5.74) is 1.35. The average Bonchev–Trinajstić information content (AvgIpc) is 2.75. The molecule has 0 aromatic heterocycles. The Hall–Kier alpha value is -0.850. The van der Waals surface area contributed by atoms with E-state index in [4.69, 9.17) is 0 Å². The number of allylic oxidation sites excluding steroid dienone is 5. The second-order valence-corrected chi connectivity index (χ2v) is 13.2. The van der Waals surface area contributed by atoms with Crippen molar-refractivity contribution in [3.05, 3.63) is 35.7 Å². The maximum Gasteiger partial charge on any atom is 0.126 e. The van der Waals surface area contributed by atoms with E-state index in [1.54, 1.807) is 0 Å². The highest BCUT2D eigenvalue weighted by Crippen LogP contribution is 2.37. The Bertz CT molecular complexity index is 633. The van der Waals surface area contributed by atoms with Gasteiger partial charge in [0.25, 0.3) is 0 Å². The van der Waals surface area contributed by atoms with E-state index in [0.29, 0.717) is 23.3 Å². The van der Waals surface area contributed by atoms with Crippen LogP contribution in [0, 0.1) is 46.8 Å². The van der Waals surface area contributed by atoms with Gasteiger partial charge in [-0.25, -0.2) is 4.39 Å². The van der Waals surface area contributed by atoms with Crippen molar-refractivity contribution in [1.29, 1.82) is 0 Å². The molecule has 5 unspecified atom stereocenters. The van der Waals surface area contributed by atoms with Crippen molar-refractivity contribution in [2.75, 3.05) is 0 Å². The van der Waals surface area contributed by atoms with Crippen LogP contribution in [-0.4, -0.2) is 0 Å². The minimum atomic E-state index is -0.188. The largest absolute Gasteiger partial charge is 0.207 e. The van der Waals surface area contributed by atoms with E-state index in [2.05, 4.69) is 88.8 Å². The van der Waals surface area contributed by atoms with Gasteiger partial charge in [0.05, 0.1) is 0 Å². The van der Waals surface area contributed by atoms with E-state index in [0.717, 1.165) is 42.1 Å². The van der Waals surface area contributed by atoms with E-state index in [-0.39, 0.29) is 11.2 Å². The van der Waals surface area contributed by atoms with Crippen LogP contribution in [0.3, 0.4) is 0 Å². The molecule has 5 atom stereocenters. The van der Waals surface area contributed by atoms with Crippen LogP contribution in [0.1, 0.15) is 128 Å². The van der Waals surface area contributed by atoms with Gasteiger partial charge < -0.3 is 0 Å². The van der Waals surface area contributed by atoms with Gasteiger partial charge in [0.15, 0.2) is 0 Å². The molecular formula is C33H61F. The van der Waals surface area contributed by atoms with Crippen molar-refractivity contribution in [2.24, 2.45) is 46.8 Å². The molecule has 0 aromatic rings. The maximum atomic E-state index is 15.2. The number of rotatable bonds is 17. The Labute approximate surface area is 215 Å². The first kappa shape index (κ1) is 33.1. The normalized spacial score (nSPS) is 18.2. The van der Waals surface area contributed by atoms with Gasteiger partial charge in [0.2, 0.25) is 0 Å². The van der Waals surface area contributed by atoms with Gasteiger partial charge in [0.1, 0.15) is 5.83 Å². The Morgan fingerprint density at radius 3 is 1.56 bits per heavy atom. The predicted molar refractivity (Wildman–Crippen MR) is 154 cm³/mol. The molecule has 0 aliphatic carbocycles. The van der Waals surface area contributed by atoms with Crippen molar-refractivity contribution in [1.82, 2.24) is 0 Å². The minimum absolute atomic E-state index is 0.149. The van der Waals surface area contributed by atoms with Gasteiger partial charge in [-0.15, -0.1) is 0 Å². The van der Waals surface area contributed by atoms with Crippen LogP contribution in [0.15, 0.2) is 35.7 Å². The Balaban J connectivity index is 4.91. The molecule has 200 valence electrons. The molecule has 0 N–H and O–H groups in total. The van der Waals surface area contributed by atoms with Crippen LogP contribution in [0.4, 0.5) is 4.39 Å². The fraction of sp³-hybridized carbons (Fsp3) is 0.818. The zero-order chi connectivity index (χ0) is 26.6. The Morgan fingerprint density at radius 2 is 1.12 bits per heavy atom. The van der Waals surface area contributed by atoms with Crippen molar-refractivity contribution in [3.8, 4) is 0 Å². The standard InChI is InChI=1S/C33H61F/c1-23(2)14-16-25(5)27(7)18-19-29(9)31(11)32(34)22-33(12,13)30(10)21-20-28(8)26(6)17-15-24(3)4/h19,22-28,30H,11,14-18,20-21H2,1-10,12-13H3/b29-19+,32-22+. The van der Waals surface area contributed by atoms with Gasteiger partial charge in [-0.2, -0.15) is 0 Å². The summed E-state index contributed by atoms with van der Waals surface area (Å²) in [6.07, 6.45) is 12.5. The first-order valence-electron chi connectivity index (χ1n) is 14.3. The van der Waals surface area contributed by atoms with Crippen molar-refractivity contribution >= 4 is 0 Å². The summed E-state index contributed by atoms with van der Waals surface area (Å²) in [6, 6.07) is 0. The molecule has 0 aliphatic heterocycles. The van der Waals surface area contributed by atoms with E-state index in [1.165, 1.54) is 32.1 Å². The first-order valence-corrected chi connectivity index (χ1v) is 14.3. The van der Waals surface area contributed by atoms with E-state index >= 15 is 4.39 Å². The second-order valence-electron chi connectivity index (χ2n) is 13.2. The fourth-order valence-electron chi connectivity index (χ4n) is 4.39. The monoisotopic (exact) mass is 476 g/mol. The first-order chi connectivity index (χ1) is 15.6. The maximum absolute atomic E-state index is 15.2. The lowest BCUT2D eigenvalue weighted by molar-refractivity contribution is 0.239. The molecule has 34 heavy (non-hydrogen) atoms. The Morgan fingerprint density at radius 1 is 0.706 bits per heavy atom. The predicted octanol–water partition coefficient (Wildman–Crippen LogP) is 11.6. The fourth-order valence-corrected chi connectivity index (χ4v) is 4.39. The van der Waals surface area contributed by atoms with Gasteiger partial charge in [-0.1, -0.05) is 121 Å². The highest BCUT2D eigenvalue weighted by atomic mass is 19.1. The zero-order valence-electron chi connectivity index (χ0n) is 25.2. The zero-order valence-corrected chi connectivity index (χ0v) is 25.2. The molecule has 0 amide bonds. The molecule has 0 radical (unpaired) electrons. The lowest BCUT2D eigenvalue weighted by atomic mass is 9.74. The molecule has 0 nitrogen and oxygen atoms in total. The van der Waals surface area contributed by atoms with Crippen molar-refractivity contribution in [3.63, 3.8) is 0 Å². The molecule has 0 aliphatic rings. The lowest BCUT2D eigenvalue weighted by Gasteiger charge is -2.31. The van der Waals surface area contributed by atoms with Gasteiger partial charge in [-0.05, 0) is 78.3 Å². The molecule has 0 aromatic carbocycles. The quantitative estimate of drug-likeness (QED) is 0.183. The Kier molecular flexibility index (Phi) is 15.6. The summed E-state index contributed by atoms with van der Waals surface area (Å²) in [5.74, 6) is 4.59. The van der Waals surface area contributed by atoms with Crippen molar-refractivity contribution < 1.29 is 4.39 Å². The summed E-state index contributed by atoms with van der Waals surface area (Å²) in [6.45, 7) is 31.4. The molecule has 0 saturated heterocycles. The summed E-state index contributed by atoms with van der Waals surface area (Å²) in [7, 11) is 0. The molecule has 0 spiro atoms. The summed E-state index contributed by atoms with van der Waals surface area (Å²) >= 11 is 0. The van der Waals surface area contributed by atoms with Crippen LogP contribution in [-0.2, 0) is 0 Å². The topological polar surface area (TPSA) is 0 Å². The van der Waals surface area contributed by atoms with E-state index < -0.39 is 0 Å².